The van der Waals surface area contributed by atoms with Gasteiger partial charge in [-0.15, -0.1) is 13.2 Å². The Labute approximate surface area is 264 Å². The number of alkyl carbamates (subject to hydrolysis) is 1. The molecule has 0 bridgehead atoms. The van der Waals surface area contributed by atoms with Crippen LogP contribution in [0.15, 0.2) is 78.7 Å². The van der Waals surface area contributed by atoms with Crippen molar-refractivity contribution in [3.8, 4) is 11.5 Å². The maximum atomic E-state index is 14.3. The van der Waals surface area contributed by atoms with Gasteiger partial charge in [-0.25, -0.2) is 13.2 Å². The number of benzene rings is 2. The van der Waals surface area contributed by atoms with E-state index in [1.54, 1.807) is 39.0 Å². The number of nitrogens with zero attached hydrogens (tertiary/aromatic N) is 1. The molecule has 0 unspecified atom stereocenters. The second-order valence-electron chi connectivity index (χ2n) is 11.9. The summed E-state index contributed by atoms with van der Waals surface area (Å²) in [6.07, 6.45) is 4.85. The second kappa shape index (κ2) is 17.8. The number of amides is 1. The third-order valence-electron chi connectivity index (χ3n) is 6.77. The minimum Gasteiger partial charge on any atom is -0.497 e. The van der Waals surface area contributed by atoms with E-state index in [0.29, 0.717) is 18.8 Å². The molecule has 10 heteroatoms. The first kappa shape index (κ1) is 36.8. The van der Waals surface area contributed by atoms with Crippen LogP contribution in [0.5, 0.6) is 11.5 Å². The predicted octanol–water partition coefficient (Wildman–Crippen LogP) is 6.13. The van der Waals surface area contributed by atoms with Crippen molar-refractivity contribution < 1.29 is 32.5 Å². The van der Waals surface area contributed by atoms with Crippen molar-refractivity contribution in [2.45, 2.75) is 82.4 Å². The molecule has 0 heterocycles. The van der Waals surface area contributed by atoms with Crippen LogP contribution in [-0.2, 0) is 21.2 Å². The number of allylic oxidation sites excluding steroid dienone is 2. The second-order valence-corrected chi connectivity index (χ2v) is 13.8. The summed E-state index contributed by atoms with van der Waals surface area (Å²) in [5.74, 6) is 0.537. The van der Waals surface area contributed by atoms with E-state index in [4.69, 9.17) is 14.2 Å². The van der Waals surface area contributed by atoms with Crippen molar-refractivity contribution >= 4 is 16.1 Å². The number of methoxy groups -OCH3 is 1. The molecule has 3 atom stereocenters. The maximum absolute atomic E-state index is 14.3. The molecule has 2 aromatic carbocycles. The van der Waals surface area contributed by atoms with Gasteiger partial charge in [0.25, 0.3) is 0 Å². The zero-order valence-corrected chi connectivity index (χ0v) is 27.6. The van der Waals surface area contributed by atoms with Crippen LogP contribution in [0.1, 0.15) is 58.9 Å². The van der Waals surface area contributed by atoms with Crippen molar-refractivity contribution in [2.24, 2.45) is 5.92 Å². The molecule has 0 aliphatic rings. The lowest BCUT2D eigenvalue weighted by atomic mass is 10.0. The van der Waals surface area contributed by atoms with E-state index in [1.807, 2.05) is 43.3 Å². The van der Waals surface area contributed by atoms with Crippen LogP contribution >= 0.6 is 0 Å². The first-order chi connectivity index (χ1) is 20.8. The van der Waals surface area contributed by atoms with Gasteiger partial charge >= 0.3 is 6.09 Å². The van der Waals surface area contributed by atoms with Gasteiger partial charge in [-0.05, 0) is 76.5 Å². The summed E-state index contributed by atoms with van der Waals surface area (Å²) < 4.78 is 46.6. The fourth-order valence-electron chi connectivity index (χ4n) is 4.58. The van der Waals surface area contributed by atoms with E-state index in [-0.39, 0.29) is 36.1 Å². The van der Waals surface area contributed by atoms with Crippen LogP contribution in [0.25, 0.3) is 0 Å². The Morgan fingerprint density at radius 3 is 2.39 bits per heavy atom. The molecule has 0 saturated heterocycles. The van der Waals surface area contributed by atoms with Crippen LogP contribution < -0.4 is 14.8 Å². The quantitative estimate of drug-likeness (QED) is 0.142. The van der Waals surface area contributed by atoms with Gasteiger partial charge in [-0.1, -0.05) is 49.4 Å². The number of rotatable bonds is 19. The number of aliphatic hydroxyl groups excluding tert-OH is 1. The average molecular weight is 631 g/mol. The van der Waals surface area contributed by atoms with E-state index in [1.165, 1.54) is 17.5 Å². The summed E-state index contributed by atoms with van der Waals surface area (Å²) in [6.45, 7) is 14.8. The van der Waals surface area contributed by atoms with Crippen LogP contribution in [-0.4, -0.2) is 68.5 Å². The molecule has 0 saturated carbocycles. The molecule has 1 amide bonds. The molecule has 0 fully saturated rings. The first-order valence-corrected chi connectivity index (χ1v) is 16.5. The van der Waals surface area contributed by atoms with Crippen molar-refractivity contribution in [1.82, 2.24) is 9.62 Å². The molecule has 0 spiro atoms. The zero-order valence-electron chi connectivity index (χ0n) is 26.8. The normalized spacial score (nSPS) is 13.9. The first-order valence-electron chi connectivity index (χ1n) is 15.0. The standard InChI is InChI=1S/C34H50N2O7S/c1-8-10-11-15-21-42-31-23-28(41-7)19-20-32(31)44(39,40)36(24-26(3)16-9-2)25-30(37)29(22-27-17-13-12-14-18-27)35-33(38)43-34(4,5)6/h8-9,12-14,17-20,23,26,29-30,37H,1-2,10-11,15-16,21-22,24-25H2,3-7H3,(H,35,38)/t26-,29-,30+/m0/s1. The van der Waals surface area contributed by atoms with E-state index in [0.717, 1.165) is 24.8 Å². The fraction of sp³-hybridized carbons (Fsp3) is 0.500. The monoisotopic (exact) mass is 630 g/mol. The molecule has 9 nitrogen and oxygen atoms in total. The number of ether oxygens (including phenoxy) is 3. The lowest BCUT2D eigenvalue weighted by Crippen LogP contribution is -2.52. The number of carbonyl (C=O) groups is 1. The molecule has 44 heavy (non-hydrogen) atoms. The maximum Gasteiger partial charge on any atom is 0.407 e. The molecule has 2 rings (SSSR count). The molecule has 2 aromatic rings. The van der Waals surface area contributed by atoms with Crippen LogP contribution in [0.4, 0.5) is 4.79 Å². The van der Waals surface area contributed by atoms with Gasteiger partial charge in [0.05, 0.1) is 25.9 Å². The van der Waals surface area contributed by atoms with Gasteiger partial charge in [0.2, 0.25) is 10.0 Å². The number of carbonyl (C=O) groups excluding carboxylic acids is 1. The lowest BCUT2D eigenvalue weighted by molar-refractivity contribution is 0.0399. The van der Waals surface area contributed by atoms with Gasteiger partial charge in [-0.3, -0.25) is 0 Å². The number of nitrogens with one attached hydrogen (secondary N) is 1. The molecule has 2 N–H and O–H groups in total. The summed E-state index contributed by atoms with van der Waals surface area (Å²) in [7, 11) is -2.68. The number of aliphatic hydroxyl groups is 1. The molecular formula is C34H50N2O7S. The average Bonchev–Trinajstić information content (AvgIpc) is 2.95. The highest BCUT2D eigenvalue weighted by Gasteiger charge is 2.34. The molecule has 244 valence electrons. The topological polar surface area (TPSA) is 114 Å². The highest BCUT2D eigenvalue weighted by atomic mass is 32.2. The summed E-state index contributed by atoms with van der Waals surface area (Å²) in [4.78, 5) is 12.8. The number of hydrogen-bond donors (Lipinski definition) is 2. The SMILES string of the molecule is C=CCCCCOc1cc(OC)ccc1S(=O)(=O)N(C[C@@H](C)CC=C)C[C@@H](O)[C@H](Cc1ccccc1)NC(=O)OC(C)(C)C. The van der Waals surface area contributed by atoms with Gasteiger partial charge in [-0.2, -0.15) is 4.31 Å². The Bertz CT molecular complexity index is 1290. The molecule has 0 radical (unpaired) electrons. The van der Waals surface area contributed by atoms with Crippen molar-refractivity contribution in [3.05, 3.63) is 79.4 Å². The van der Waals surface area contributed by atoms with E-state index < -0.39 is 33.9 Å². The number of sulfonamides is 1. The van der Waals surface area contributed by atoms with Gasteiger partial charge in [0.15, 0.2) is 0 Å². The molecule has 0 aliphatic heterocycles. The fourth-order valence-corrected chi connectivity index (χ4v) is 6.27. The predicted molar refractivity (Wildman–Crippen MR) is 175 cm³/mol. The summed E-state index contributed by atoms with van der Waals surface area (Å²) >= 11 is 0. The molecular weight excluding hydrogens is 580 g/mol. The number of hydrogen-bond acceptors (Lipinski definition) is 7. The van der Waals surface area contributed by atoms with Crippen LogP contribution in [0.2, 0.25) is 0 Å². The van der Waals surface area contributed by atoms with E-state index in [2.05, 4.69) is 18.5 Å². The van der Waals surface area contributed by atoms with Crippen molar-refractivity contribution in [1.29, 1.82) is 0 Å². The van der Waals surface area contributed by atoms with Crippen LogP contribution in [0, 0.1) is 5.92 Å². The Morgan fingerprint density at radius 1 is 1.07 bits per heavy atom. The Kier molecular flexibility index (Phi) is 14.9. The highest BCUT2D eigenvalue weighted by Crippen LogP contribution is 2.32. The summed E-state index contributed by atoms with van der Waals surface area (Å²) in [6, 6.07) is 13.1. The Morgan fingerprint density at radius 2 is 1.77 bits per heavy atom. The van der Waals surface area contributed by atoms with E-state index >= 15 is 0 Å². The smallest absolute Gasteiger partial charge is 0.407 e. The minimum absolute atomic E-state index is 0.0280. The molecule has 0 aliphatic carbocycles. The zero-order chi connectivity index (χ0) is 32.8. The van der Waals surface area contributed by atoms with Crippen molar-refractivity contribution in [3.63, 3.8) is 0 Å². The Balaban J connectivity index is 2.45. The van der Waals surface area contributed by atoms with Gasteiger partial charge in [0, 0.05) is 19.2 Å². The highest BCUT2D eigenvalue weighted by molar-refractivity contribution is 7.89. The third-order valence-corrected chi connectivity index (χ3v) is 8.64. The van der Waals surface area contributed by atoms with Gasteiger partial charge in [0.1, 0.15) is 22.0 Å². The number of unbranched alkanes of at least 4 members (excludes halogenated alkanes) is 2. The lowest BCUT2D eigenvalue weighted by Gasteiger charge is -2.32. The summed E-state index contributed by atoms with van der Waals surface area (Å²) in [5, 5.41) is 14.3. The van der Waals surface area contributed by atoms with E-state index in [9.17, 15) is 18.3 Å². The van der Waals surface area contributed by atoms with Crippen LogP contribution in [0.3, 0.4) is 0 Å². The third kappa shape index (κ3) is 12.3. The minimum atomic E-state index is -4.18. The summed E-state index contributed by atoms with van der Waals surface area (Å²) in [5.41, 5.74) is 0.113. The largest absolute Gasteiger partial charge is 0.497 e. The van der Waals surface area contributed by atoms with Crippen molar-refractivity contribution in [2.75, 3.05) is 26.8 Å². The Hall–Kier alpha value is -3.34. The molecule has 0 aromatic heterocycles. The van der Waals surface area contributed by atoms with Gasteiger partial charge < -0.3 is 24.6 Å².